The Morgan fingerprint density at radius 1 is 0.913 bits per heavy atom. The number of hydrogen-bond donors (Lipinski definition) is 2. The molecule has 2 unspecified atom stereocenters. The molecule has 0 bridgehead atoms. The number of aliphatic hydroxyl groups is 2. The molecule has 132 valence electrons. The summed E-state index contributed by atoms with van der Waals surface area (Å²) in [5.41, 5.74) is 0.853. The van der Waals surface area contributed by atoms with E-state index in [1.807, 2.05) is 0 Å². The first-order valence-electron chi connectivity index (χ1n) is 10.3. The summed E-state index contributed by atoms with van der Waals surface area (Å²) in [5, 5.41) is 21.7. The molecular weight excluding hydrogens is 284 g/mol. The van der Waals surface area contributed by atoms with Gasteiger partial charge in [0.2, 0.25) is 0 Å². The Labute approximate surface area is 142 Å². The molecule has 0 aromatic carbocycles. The zero-order valence-corrected chi connectivity index (χ0v) is 15.3. The predicted octanol–water partition coefficient (Wildman–Crippen LogP) is 4.39. The molecule has 0 heterocycles. The first kappa shape index (κ1) is 16.4. The van der Waals surface area contributed by atoms with Gasteiger partial charge in [0.05, 0.1) is 12.2 Å². The van der Waals surface area contributed by atoms with Gasteiger partial charge in [0, 0.05) is 0 Å². The van der Waals surface area contributed by atoms with Crippen LogP contribution in [-0.4, -0.2) is 22.4 Å². The van der Waals surface area contributed by atoms with Crippen molar-refractivity contribution in [1.29, 1.82) is 0 Å². The van der Waals surface area contributed by atoms with Crippen molar-refractivity contribution in [3.63, 3.8) is 0 Å². The van der Waals surface area contributed by atoms with Crippen LogP contribution in [0, 0.1) is 40.4 Å². The van der Waals surface area contributed by atoms with Crippen LogP contribution in [0.4, 0.5) is 0 Å². The van der Waals surface area contributed by atoms with E-state index in [0.29, 0.717) is 34.5 Å². The maximum Gasteiger partial charge on any atom is 0.0605 e. The summed E-state index contributed by atoms with van der Waals surface area (Å²) in [7, 11) is 0. The second kappa shape index (κ2) is 5.46. The number of aliphatic hydroxyl groups excluding tert-OH is 2. The van der Waals surface area contributed by atoms with Gasteiger partial charge in [-0.3, -0.25) is 0 Å². The molecule has 2 heteroatoms. The van der Waals surface area contributed by atoms with Crippen molar-refractivity contribution in [2.75, 3.05) is 0 Å². The zero-order chi connectivity index (χ0) is 16.4. The predicted molar refractivity (Wildman–Crippen MR) is 92.9 cm³/mol. The van der Waals surface area contributed by atoms with Gasteiger partial charge in [-0.15, -0.1) is 0 Å². The lowest BCUT2D eigenvalue weighted by Crippen LogP contribution is -2.61. The summed E-state index contributed by atoms with van der Waals surface area (Å²) in [6.07, 6.45) is 10.7. The fourth-order valence-corrected chi connectivity index (χ4v) is 7.95. The van der Waals surface area contributed by atoms with Gasteiger partial charge in [0.15, 0.2) is 0 Å². The van der Waals surface area contributed by atoms with E-state index in [1.165, 1.54) is 38.5 Å². The van der Waals surface area contributed by atoms with Gasteiger partial charge < -0.3 is 10.2 Å². The standard InChI is InChI=1S/C21H36O2/c1-4-14-17-12-13(22)7-11-21(17,3)16-8-10-20(2)9-5-6-15(20)18(16)19(14)23/h13-19,22-23H,4-12H2,1-3H3/t13-,14-,15+,16+,17+,18+,19-,20?,21?/m1/s1. The fraction of sp³-hybridized carbons (Fsp3) is 1.00. The highest BCUT2D eigenvalue weighted by molar-refractivity contribution is 5.11. The number of fused-ring (bicyclic) bond motifs is 5. The summed E-state index contributed by atoms with van der Waals surface area (Å²) in [4.78, 5) is 0. The highest BCUT2D eigenvalue weighted by Crippen LogP contribution is 2.67. The van der Waals surface area contributed by atoms with E-state index >= 15 is 0 Å². The third-order valence-electron chi connectivity index (χ3n) is 9.17. The van der Waals surface area contributed by atoms with Crippen LogP contribution < -0.4 is 0 Å². The molecule has 0 aliphatic heterocycles. The van der Waals surface area contributed by atoms with Crippen molar-refractivity contribution in [1.82, 2.24) is 0 Å². The van der Waals surface area contributed by atoms with Crippen LogP contribution in [0.25, 0.3) is 0 Å². The molecule has 4 saturated carbocycles. The van der Waals surface area contributed by atoms with Crippen LogP contribution in [0.5, 0.6) is 0 Å². The number of rotatable bonds is 1. The Hall–Kier alpha value is -0.0800. The zero-order valence-electron chi connectivity index (χ0n) is 15.3. The third kappa shape index (κ3) is 2.20. The van der Waals surface area contributed by atoms with E-state index in [9.17, 15) is 10.2 Å². The highest BCUT2D eigenvalue weighted by atomic mass is 16.3. The van der Waals surface area contributed by atoms with Crippen LogP contribution in [0.2, 0.25) is 0 Å². The molecule has 23 heavy (non-hydrogen) atoms. The molecule has 4 rings (SSSR count). The molecule has 4 aliphatic carbocycles. The van der Waals surface area contributed by atoms with Gasteiger partial charge in [-0.2, -0.15) is 0 Å². The van der Waals surface area contributed by atoms with Gasteiger partial charge in [0.25, 0.3) is 0 Å². The molecule has 0 saturated heterocycles. The third-order valence-corrected chi connectivity index (χ3v) is 9.17. The van der Waals surface area contributed by atoms with Crippen molar-refractivity contribution in [2.45, 2.75) is 90.8 Å². The second-order valence-electron chi connectivity index (χ2n) is 9.98. The molecule has 0 aromatic rings. The molecule has 9 atom stereocenters. The van der Waals surface area contributed by atoms with E-state index in [2.05, 4.69) is 20.8 Å². The van der Waals surface area contributed by atoms with Crippen molar-refractivity contribution in [2.24, 2.45) is 40.4 Å². The van der Waals surface area contributed by atoms with Crippen molar-refractivity contribution in [3.8, 4) is 0 Å². The Balaban J connectivity index is 1.73. The van der Waals surface area contributed by atoms with Gasteiger partial charge in [0.1, 0.15) is 0 Å². The van der Waals surface area contributed by atoms with Gasteiger partial charge in [-0.1, -0.05) is 33.6 Å². The topological polar surface area (TPSA) is 40.5 Å². The minimum absolute atomic E-state index is 0.129. The summed E-state index contributed by atoms with van der Waals surface area (Å²) in [6, 6.07) is 0. The number of hydrogen-bond acceptors (Lipinski definition) is 2. The van der Waals surface area contributed by atoms with E-state index < -0.39 is 0 Å². The maximum absolute atomic E-state index is 11.4. The van der Waals surface area contributed by atoms with E-state index in [1.54, 1.807) is 0 Å². The summed E-state index contributed by atoms with van der Waals surface area (Å²) < 4.78 is 0. The van der Waals surface area contributed by atoms with E-state index in [0.717, 1.165) is 25.2 Å². The van der Waals surface area contributed by atoms with Crippen LogP contribution in [0.15, 0.2) is 0 Å². The summed E-state index contributed by atoms with van der Waals surface area (Å²) >= 11 is 0. The van der Waals surface area contributed by atoms with E-state index in [4.69, 9.17) is 0 Å². The largest absolute Gasteiger partial charge is 0.393 e. The Morgan fingerprint density at radius 2 is 1.70 bits per heavy atom. The molecule has 0 spiro atoms. The normalized spacial score (nSPS) is 59.1. The lowest BCUT2D eigenvalue weighted by Gasteiger charge is -2.64. The monoisotopic (exact) mass is 320 g/mol. The molecule has 4 aliphatic rings. The van der Waals surface area contributed by atoms with Crippen LogP contribution in [0.1, 0.15) is 78.6 Å². The first-order valence-corrected chi connectivity index (χ1v) is 10.3. The van der Waals surface area contributed by atoms with Gasteiger partial charge in [-0.25, -0.2) is 0 Å². The van der Waals surface area contributed by atoms with Crippen LogP contribution >= 0.6 is 0 Å². The first-order chi connectivity index (χ1) is 10.9. The fourth-order valence-electron chi connectivity index (χ4n) is 7.95. The molecule has 2 nitrogen and oxygen atoms in total. The Kier molecular flexibility index (Phi) is 3.89. The molecule has 0 radical (unpaired) electrons. The summed E-state index contributed by atoms with van der Waals surface area (Å²) in [5.74, 6) is 2.89. The van der Waals surface area contributed by atoms with Crippen LogP contribution in [-0.2, 0) is 0 Å². The van der Waals surface area contributed by atoms with Gasteiger partial charge >= 0.3 is 0 Å². The molecule has 0 aromatic heterocycles. The SMILES string of the molecule is CC[C@H]1[C@@H](O)[C@H]2[C@@H]3CCCC3(C)CC[C@@H]2C2(C)CC[C@@H](O)C[C@@H]12. The van der Waals surface area contributed by atoms with E-state index in [-0.39, 0.29) is 12.2 Å². The van der Waals surface area contributed by atoms with Crippen molar-refractivity contribution < 1.29 is 10.2 Å². The molecule has 2 N–H and O–H groups in total. The van der Waals surface area contributed by atoms with Crippen LogP contribution in [0.3, 0.4) is 0 Å². The Bertz CT molecular complexity index is 463. The molecule has 0 amide bonds. The van der Waals surface area contributed by atoms with Crippen molar-refractivity contribution >= 4 is 0 Å². The average Bonchev–Trinajstić information content (AvgIpc) is 2.91. The molecular formula is C21H36O2. The Morgan fingerprint density at radius 3 is 2.43 bits per heavy atom. The average molecular weight is 321 g/mol. The highest BCUT2D eigenvalue weighted by Gasteiger charge is 2.62. The minimum atomic E-state index is -0.133. The molecule has 4 fully saturated rings. The smallest absolute Gasteiger partial charge is 0.0605 e. The lowest BCUT2D eigenvalue weighted by molar-refractivity contribution is -0.198. The van der Waals surface area contributed by atoms with Crippen molar-refractivity contribution in [3.05, 3.63) is 0 Å². The summed E-state index contributed by atoms with van der Waals surface area (Å²) in [6.45, 7) is 7.28. The quantitative estimate of drug-likeness (QED) is 0.752. The maximum atomic E-state index is 11.4. The minimum Gasteiger partial charge on any atom is -0.393 e. The second-order valence-corrected chi connectivity index (χ2v) is 9.98. The van der Waals surface area contributed by atoms with Gasteiger partial charge in [-0.05, 0) is 85.4 Å². The lowest BCUT2D eigenvalue weighted by atomic mass is 9.42.